The molecule has 1 aliphatic rings. The van der Waals surface area contributed by atoms with Crippen molar-refractivity contribution in [3.63, 3.8) is 0 Å². The maximum atomic E-state index is 14.0. The normalized spacial score (nSPS) is 18.0. The van der Waals surface area contributed by atoms with Crippen LogP contribution in [0, 0.1) is 12.7 Å². The quantitative estimate of drug-likeness (QED) is 0.910. The smallest absolute Gasteiger partial charge is 0.276 e. The minimum absolute atomic E-state index is 0.156. The molecule has 0 aliphatic carbocycles. The first-order valence-electron chi connectivity index (χ1n) is 6.82. The summed E-state index contributed by atoms with van der Waals surface area (Å²) in [4.78, 5) is 13.9. The van der Waals surface area contributed by atoms with Crippen LogP contribution in [0.2, 0.25) is 5.02 Å². The van der Waals surface area contributed by atoms with Gasteiger partial charge in [0.05, 0.1) is 11.8 Å². The Bertz CT molecular complexity index is 734. The van der Waals surface area contributed by atoms with Crippen molar-refractivity contribution < 1.29 is 14.3 Å². The van der Waals surface area contributed by atoms with Crippen LogP contribution >= 0.6 is 11.6 Å². The summed E-state index contributed by atoms with van der Waals surface area (Å²) in [6.45, 7) is 2.40. The largest absolute Gasteiger partial charge is 0.391 e. The van der Waals surface area contributed by atoms with Gasteiger partial charge >= 0.3 is 0 Å². The molecule has 3 rings (SSSR count). The highest BCUT2D eigenvalue weighted by Crippen LogP contribution is 2.21. The summed E-state index contributed by atoms with van der Waals surface area (Å²) >= 11 is 5.73. The van der Waals surface area contributed by atoms with Crippen LogP contribution in [-0.2, 0) is 0 Å². The zero-order valence-electron chi connectivity index (χ0n) is 11.8. The standard InChI is InChI=1S/C14H14ClFN4O2/c1-8-13(14(22)19-5-4-10(21)7-19)17-18-20(8)12-3-2-9(15)6-11(12)16/h2-3,6,10,21H,4-5,7H2,1H3/t10-/m1/s1. The lowest BCUT2D eigenvalue weighted by molar-refractivity contribution is 0.0758. The van der Waals surface area contributed by atoms with E-state index in [0.717, 1.165) is 0 Å². The van der Waals surface area contributed by atoms with Crippen molar-refractivity contribution in [2.75, 3.05) is 13.1 Å². The zero-order valence-corrected chi connectivity index (χ0v) is 12.6. The minimum atomic E-state index is -0.545. The van der Waals surface area contributed by atoms with Crippen LogP contribution in [0.1, 0.15) is 22.6 Å². The second-order valence-electron chi connectivity index (χ2n) is 5.22. The third-order valence-electron chi connectivity index (χ3n) is 3.69. The third kappa shape index (κ3) is 2.57. The molecule has 1 saturated heterocycles. The first-order valence-corrected chi connectivity index (χ1v) is 7.20. The molecule has 1 aliphatic heterocycles. The fourth-order valence-corrected chi connectivity index (χ4v) is 2.64. The summed E-state index contributed by atoms with van der Waals surface area (Å²) in [5, 5.41) is 17.5. The van der Waals surface area contributed by atoms with Gasteiger partial charge in [0.2, 0.25) is 0 Å². The molecule has 2 heterocycles. The minimum Gasteiger partial charge on any atom is -0.391 e. The van der Waals surface area contributed by atoms with Crippen molar-refractivity contribution in [1.82, 2.24) is 19.9 Å². The molecule has 6 nitrogen and oxygen atoms in total. The second-order valence-corrected chi connectivity index (χ2v) is 5.66. The van der Waals surface area contributed by atoms with E-state index in [4.69, 9.17) is 11.6 Å². The first kappa shape index (κ1) is 14.9. The van der Waals surface area contributed by atoms with E-state index in [2.05, 4.69) is 10.3 Å². The summed E-state index contributed by atoms with van der Waals surface area (Å²) in [7, 11) is 0. The van der Waals surface area contributed by atoms with Gasteiger partial charge < -0.3 is 10.0 Å². The van der Waals surface area contributed by atoms with Crippen LogP contribution in [0.4, 0.5) is 4.39 Å². The Morgan fingerprint density at radius 3 is 2.91 bits per heavy atom. The third-order valence-corrected chi connectivity index (χ3v) is 3.92. The fraction of sp³-hybridized carbons (Fsp3) is 0.357. The summed E-state index contributed by atoms with van der Waals surface area (Å²) in [6.07, 6.45) is 0.0399. The van der Waals surface area contributed by atoms with Gasteiger partial charge in [0.25, 0.3) is 5.91 Å². The van der Waals surface area contributed by atoms with Gasteiger partial charge in [0, 0.05) is 18.1 Å². The van der Waals surface area contributed by atoms with E-state index < -0.39 is 11.9 Å². The predicted molar refractivity (Wildman–Crippen MR) is 77.6 cm³/mol. The SMILES string of the molecule is Cc1c(C(=O)N2CC[C@@H](O)C2)nnn1-c1ccc(Cl)cc1F. The molecule has 1 amide bonds. The van der Waals surface area contributed by atoms with E-state index in [1.807, 2.05) is 0 Å². The fourth-order valence-electron chi connectivity index (χ4n) is 2.48. The molecule has 0 unspecified atom stereocenters. The molecule has 0 bridgehead atoms. The number of halogens is 2. The Morgan fingerprint density at radius 1 is 1.50 bits per heavy atom. The lowest BCUT2D eigenvalue weighted by Crippen LogP contribution is -2.30. The van der Waals surface area contributed by atoms with Crippen LogP contribution in [0.3, 0.4) is 0 Å². The average Bonchev–Trinajstić information content (AvgIpc) is 3.05. The van der Waals surface area contributed by atoms with Crippen LogP contribution in [0.15, 0.2) is 18.2 Å². The Kier molecular flexibility index (Phi) is 3.84. The van der Waals surface area contributed by atoms with Crippen molar-refractivity contribution in [3.05, 3.63) is 40.4 Å². The highest BCUT2D eigenvalue weighted by molar-refractivity contribution is 6.30. The number of β-amino-alcohol motifs (C(OH)–C–C–N with tert-alkyl or cyclic N) is 1. The van der Waals surface area contributed by atoms with Crippen LogP contribution in [-0.4, -0.2) is 50.1 Å². The van der Waals surface area contributed by atoms with E-state index in [9.17, 15) is 14.3 Å². The van der Waals surface area contributed by atoms with Crippen molar-refractivity contribution >= 4 is 17.5 Å². The number of aliphatic hydroxyl groups excluding tert-OH is 1. The van der Waals surface area contributed by atoms with Crippen LogP contribution in [0.25, 0.3) is 5.69 Å². The topological polar surface area (TPSA) is 71.2 Å². The van der Waals surface area contributed by atoms with E-state index in [1.54, 1.807) is 13.0 Å². The summed E-state index contributed by atoms with van der Waals surface area (Å²) < 4.78 is 15.2. The molecule has 2 aromatic rings. The highest BCUT2D eigenvalue weighted by atomic mass is 35.5. The second kappa shape index (κ2) is 5.66. The van der Waals surface area contributed by atoms with Crippen molar-refractivity contribution in [1.29, 1.82) is 0 Å². The number of likely N-dealkylation sites (tertiary alicyclic amines) is 1. The van der Waals surface area contributed by atoms with Crippen molar-refractivity contribution in [2.24, 2.45) is 0 Å². The van der Waals surface area contributed by atoms with E-state index in [-0.39, 0.29) is 28.9 Å². The Morgan fingerprint density at radius 2 is 2.27 bits per heavy atom. The molecule has 22 heavy (non-hydrogen) atoms. The number of rotatable bonds is 2. The number of nitrogens with zero attached hydrogens (tertiary/aromatic N) is 4. The molecular weight excluding hydrogens is 311 g/mol. The summed E-state index contributed by atoms with van der Waals surface area (Å²) in [5.74, 6) is -0.856. The maximum absolute atomic E-state index is 14.0. The van der Waals surface area contributed by atoms with E-state index in [1.165, 1.54) is 21.7 Å². The van der Waals surface area contributed by atoms with Gasteiger partial charge in [0.15, 0.2) is 5.69 Å². The summed E-state index contributed by atoms with van der Waals surface area (Å²) in [5.41, 5.74) is 0.769. The molecule has 0 spiro atoms. The molecule has 1 fully saturated rings. The van der Waals surface area contributed by atoms with Gasteiger partial charge in [0.1, 0.15) is 11.5 Å². The van der Waals surface area contributed by atoms with Crippen molar-refractivity contribution in [3.8, 4) is 5.69 Å². The molecular formula is C14H14ClFN4O2. The molecule has 1 aromatic carbocycles. The maximum Gasteiger partial charge on any atom is 0.276 e. The average molecular weight is 325 g/mol. The number of carbonyl (C=O) groups is 1. The number of aliphatic hydroxyl groups is 1. The van der Waals surface area contributed by atoms with Gasteiger partial charge in [-0.15, -0.1) is 5.10 Å². The zero-order chi connectivity index (χ0) is 15.9. The number of hydrogen-bond acceptors (Lipinski definition) is 4. The van der Waals surface area contributed by atoms with Gasteiger partial charge in [-0.3, -0.25) is 4.79 Å². The summed E-state index contributed by atoms with van der Waals surface area (Å²) in [6, 6.07) is 4.20. The predicted octanol–water partition coefficient (Wildman–Crippen LogP) is 1.58. The Hall–Kier alpha value is -1.99. The lowest BCUT2D eigenvalue weighted by Gasteiger charge is -2.14. The van der Waals surface area contributed by atoms with Gasteiger partial charge in [-0.25, -0.2) is 9.07 Å². The monoisotopic (exact) mass is 324 g/mol. The molecule has 1 aromatic heterocycles. The number of hydrogen-bond donors (Lipinski definition) is 1. The van der Waals surface area contributed by atoms with Gasteiger partial charge in [-0.05, 0) is 31.5 Å². The van der Waals surface area contributed by atoms with Crippen LogP contribution < -0.4 is 0 Å². The van der Waals surface area contributed by atoms with Gasteiger partial charge in [-0.2, -0.15) is 0 Å². The number of carbonyl (C=O) groups excluding carboxylic acids is 1. The molecule has 8 heteroatoms. The molecule has 1 atom stereocenters. The lowest BCUT2D eigenvalue weighted by atomic mass is 10.2. The molecule has 1 N–H and O–H groups in total. The Labute approximate surface area is 131 Å². The van der Waals surface area contributed by atoms with E-state index in [0.29, 0.717) is 18.7 Å². The van der Waals surface area contributed by atoms with Gasteiger partial charge in [-0.1, -0.05) is 16.8 Å². The number of aromatic nitrogens is 3. The van der Waals surface area contributed by atoms with Crippen LogP contribution in [0.5, 0.6) is 0 Å². The van der Waals surface area contributed by atoms with Crippen molar-refractivity contribution in [2.45, 2.75) is 19.4 Å². The molecule has 0 saturated carbocycles. The molecule has 0 radical (unpaired) electrons. The number of amides is 1. The van der Waals surface area contributed by atoms with E-state index >= 15 is 0 Å². The first-order chi connectivity index (χ1) is 10.5. The molecule has 116 valence electrons. The number of benzene rings is 1. The highest BCUT2D eigenvalue weighted by Gasteiger charge is 2.29. The Balaban J connectivity index is 1.93.